The van der Waals surface area contributed by atoms with E-state index in [1.165, 1.54) is 0 Å². The number of carbonyl (C=O) groups excluding carboxylic acids is 1. The summed E-state index contributed by atoms with van der Waals surface area (Å²) in [6, 6.07) is 5.66. The van der Waals surface area contributed by atoms with E-state index in [0.717, 1.165) is 23.2 Å². The highest BCUT2D eigenvalue weighted by Gasteiger charge is 2.25. The fourth-order valence-corrected chi connectivity index (χ4v) is 2.70. The SMILES string of the molecule is C[C@@H]1CNCCN1C(=O)c1cc(Cl)ccc1I.Cl. The van der Waals surface area contributed by atoms with Crippen LogP contribution in [0.15, 0.2) is 18.2 Å². The quantitative estimate of drug-likeness (QED) is 0.735. The fraction of sp³-hybridized carbons (Fsp3) is 0.417. The van der Waals surface area contributed by atoms with Gasteiger partial charge in [-0.2, -0.15) is 0 Å². The van der Waals surface area contributed by atoms with Gasteiger partial charge in [0.25, 0.3) is 5.91 Å². The van der Waals surface area contributed by atoms with Gasteiger partial charge in [0, 0.05) is 34.3 Å². The molecule has 3 nitrogen and oxygen atoms in total. The van der Waals surface area contributed by atoms with Gasteiger partial charge in [-0.05, 0) is 47.7 Å². The molecule has 1 aliphatic rings. The van der Waals surface area contributed by atoms with E-state index < -0.39 is 0 Å². The molecule has 1 aliphatic heterocycles. The largest absolute Gasteiger partial charge is 0.333 e. The Labute approximate surface area is 132 Å². The van der Waals surface area contributed by atoms with Crippen LogP contribution in [0.3, 0.4) is 0 Å². The molecule has 0 unspecified atom stereocenters. The minimum Gasteiger partial charge on any atom is -0.333 e. The van der Waals surface area contributed by atoms with Crippen molar-refractivity contribution in [3.05, 3.63) is 32.4 Å². The first-order valence-corrected chi connectivity index (χ1v) is 7.02. The zero-order valence-corrected chi connectivity index (χ0v) is 13.7. The zero-order chi connectivity index (χ0) is 12.4. The number of hydrogen-bond acceptors (Lipinski definition) is 2. The molecule has 18 heavy (non-hydrogen) atoms. The van der Waals surface area contributed by atoms with Crippen LogP contribution >= 0.6 is 46.6 Å². The minimum atomic E-state index is 0. The molecule has 1 atom stereocenters. The number of amides is 1. The fourth-order valence-electron chi connectivity index (χ4n) is 1.96. The molecule has 1 aromatic rings. The second-order valence-corrected chi connectivity index (χ2v) is 5.77. The van der Waals surface area contributed by atoms with E-state index in [1.54, 1.807) is 12.1 Å². The van der Waals surface area contributed by atoms with Gasteiger partial charge in [-0.25, -0.2) is 0 Å². The molecule has 1 amide bonds. The normalized spacial score (nSPS) is 19.3. The van der Waals surface area contributed by atoms with Gasteiger partial charge in [0.15, 0.2) is 0 Å². The molecule has 0 aliphatic carbocycles. The minimum absolute atomic E-state index is 0. The van der Waals surface area contributed by atoms with Gasteiger partial charge in [0.1, 0.15) is 0 Å². The molecular weight excluding hydrogens is 386 g/mol. The molecule has 0 radical (unpaired) electrons. The van der Waals surface area contributed by atoms with Crippen LogP contribution < -0.4 is 5.32 Å². The summed E-state index contributed by atoms with van der Waals surface area (Å²) in [6.45, 7) is 4.51. The molecule has 0 bridgehead atoms. The Morgan fingerprint density at radius 3 is 2.94 bits per heavy atom. The Hall–Kier alpha value is -0.0400. The summed E-state index contributed by atoms with van der Waals surface area (Å²) in [6.07, 6.45) is 0. The van der Waals surface area contributed by atoms with Crippen LogP contribution in [0, 0.1) is 3.57 Å². The molecule has 1 saturated heterocycles. The number of piperazine rings is 1. The monoisotopic (exact) mass is 400 g/mol. The third-order valence-electron chi connectivity index (χ3n) is 2.92. The maximum Gasteiger partial charge on any atom is 0.255 e. The Balaban J connectivity index is 0.00000162. The number of rotatable bonds is 1. The summed E-state index contributed by atoms with van der Waals surface area (Å²) < 4.78 is 0.947. The number of nitrogens with one attached hydrogen (secondary N) is 1. The Kier molecular flexibility index (Phi) is 6.17. The molecule has 1 heterocycles. The number of nitrogens with zero attached hydrogens (tertiary/aromatic N) is 1. The van der Waals surface area contributed by atoms with Crippen molar-refractivity contribution in [2.75, 3.05) is 19.6 Å². The van der Waals surface area contributed by atoms with Crippen LogP contribution in [0.25, 0.3) is 0 Å². The number of carbonyl (C=O) groups is 1. The lowest BCUT2D eigenvalue weighted by molar-refractivity contribution is 0.0654. The van der Waals surface area contributed by atoms with Gasteiger partial charge in [-0.15, -0.1) is 12.4 Å². The summed E-state index contributed by atoms with van der Waals surface area (Å²) in [5.74, 6) is 0.0749. The molecule has 0 saturated carbocycles. The van der Waals surface area contributed by atoms with Crippen LogP contribution in [0.5, 0.6) is 0 Å². The summed E-state index contributed by atoms with van der Waals surface area (Å²) in [4.78, 5) is 14.3. The topological polar surface area (TPSA) is 32.3 Å². The Bertz CT molecular complexity index is 442. The zero-order valence-electron chi connectivity index (χ0n) is 9.95. The van der Waals surface area contributed by atoms with Crippen LogP contribution in [-0.2, 0) is 0 Å². The predicted molar refractivity (Wildman–Crippen MR) is 84.8 cm³/mol. The van der Waals surface area contributed by atoms with Crippen LogP contribution in [-0.4, -0.2) is 36.5 Å². The maximum absolute atomic E-state index is 12.4. The standard InChI is InChI=1S/C12H14ClIN2O.ClH/c1-8-7-15-4-5-16(8)12(17)10-6-9(13)2-3-11(10)14;/h2-3,6,8,15H,4-5,7H2,1H3;1H/t8-;/m1./s1. The maximum atomic E-state index is 12.4. The highest BCUT2D eigenvalue weighted by molar-refractivity contribution is 14.1. The second-order valence-electron chi connectivity index (χ2n) is 4.18. The first kappa shape index (κ1) is 16.0. The van der Waals surface area contributed by atoms with Crippen molar-refractivity contribution in [2.45, 2.75) is 13.0 Å². The summed E-state index contributed by atoms with van der Waals surface area (Å²) >= 11 is 8.12. The molecule has 6 heteroatoms. The summed E-state index contributed by atoms with van der Waals surface area (Å²) in [7, 11) is 0. The van der Waals surface area contributed by atoms with Gasteiger partial charge in [-0.1, -0.05) is 11.6 Å². The lowest BCUT2D eigenvalue weighted by Gasteiger charge is -2.34. The van der Waals surface area contributed by atoms with Gasteiger partial charge >= 0.3 is 0 Å². The van der Waals surface area contributed by atoms with Crippen molar-refractivity contribution in [3.63, 3.8) is 0 Å². The molecule has 0 aromatic heterocycles. The molecule has 1 aromatic carbocycles. The molecule has 0 spiro atoms. The lowest BCUT2D eigenvalue weighted by Crippen LogP contribution is -2.52. The van der Waals surface area contributed by atoms with E-state index in [4.69, 9.17) is 11.6 Å². The van der Waals surface area contributed by atoms with Gasteiger partial charge in [0.05, 0.1) is 5.56 Å². The van der Waals surface area contributed by atoms with Gasteiger partial charge in [-0.3, -0.25) is 4.79 Å². The van der Waals surface area contributed by atoms with E-state index in [9.17, 15) is 4.79 Å². The van der Waals surface area contributed by atoms with Crippen molar-refractivity contribution < 1.29 is 4.79 Å². The van der Waals surface area contributed by atoms with Crippen molar-refractivity contribution in [1.29, 1.82) is 0 Å². The van der Waals surface area contributed by atoms with Crippen molar-refractivity contribution in [3.8, 4) is 0 Å². The van der Waals surface area contributed by atoms with Crippen molar-refractivity contribution >= 4 is 52.5 Å². The summed E-state index contributed by atoms with van der Waals surface area (Å²) in [5.41, 5.74) is 0.701. The third kappa shape index (κ3) is 3.50. The van der Waals surface area contributed by atoms with Crippen LogP contribution in [0.2, 0.25) is 5.02 Å². The van der Waals surface area contributed by atoms with Gasteiger partial charge < -0.3 is 10.2 Å². The highest BCUT2D eigenvalue weighted by Crippen LogP contribution is 2.20. The van der Waals surface area contributed by atoms with E-state index in [1.807, 2.05) is 11.0 Å². The van der Waals surface area contributed by atoms with E-state index in [2.05, 4.69) is 34.8 Å². The van der Waals surface area contributed by atoms with E-state index >= 15 is 0 Å². The number of hydrogen-bond donors (Lipinski definition) is 1. The highest BCUT2D eigenvalue weighted by atomic mass is 127. The van der Waals surface area contributed by atoms with Crippen molar-refractivity contribution in [2.24, 2.45) is 0 Å². The van der Waals surface area contributed by atoms with E-state index in [-0.39, 0.29) is 24.4 Å². The second kappa shape index (κ2) is 6.93. The Morgan fingerprint density at radius 2 is 2.28 bits per heavy atom. The number of benzene rings is 1. The Morgan fingerprint density at radius 1 is 1.56 bits per heavy atom. The smallest absolute Gasteiger partial charge is 0.255 e. The summed E-state index contributed by atoms with van der Waals surface area (Å²) in [5, 5.41) is 3.88. The molecular formula is C12H15Cl2IN2O. The average molecular weight is 401 g/mol. The molecule has 100 valence electrons. The average Bonchev–Trinajstić information content (AvgIpc) is 2.32. The first-order valence-electron chi connectivity index (χ1n) is 5.56. The molecule has 1 N–H and O–H groups in total. The first-order chi connectivity index (χ1) is 8.09. The lowest BCUT2D eigenvalue weighted by atomic mass is 10.1. The van der Waals surface area contributed by atoms with Crippen LogP contribution in [0.4, 0.5) is 0 Å². The molecule has 2 rings (SSSR count). The molecule has 1 fully saturated rings. The van der Waals surface area contributed by atoms with Gasteiger partial charge in [0.2, 0.25) is 0 Å². The van der Waals surface area contributed by atoms with E-state index in [0.29, 0.717) is 10.6 Å². The third-order valence-corrected chi connectivity index (χ3v) is 4.10. The van der Waals surface area contributed by atoms with Crippen molar-refractivity contribution in [1.82, 2.24) is 10.2 Å². The predicted octanol–water partition coefficient (Wildman–Crippen LogP) is 2.80. The number of halogens is 3. The van der Waals surface area contributed by atoms with Crippen LogP contribution in [0.1, 0.15) is 17.3 Å².